The summed E-state index contributed by atoms with van der Waals surface area (Å²) in [7, 11) is 0. The van der Waals surface area contributed by atoms with Crippen LogP contribution in [-0.2, 0) is 38.1 Å². The highest BCUT2D eigenvalue weighted by molar-refractivity contribution is 5.77. The maximum atomic E-state index is 12.5. The number of carbonyl (C=O) groups excluding carboxylic acids is 4. The molecule has 0 aromatic rings. The van der Waals surface area contributed by atoms with Gasteiger partial charge in [-0.15, -0.1) is 24.7 Å². The second-order valence-electron chi connectivity index (χ2n) is 10.7. The molecule has 38 heavy (non-hydrogen) atoms. The predicted octanol–water partition coefficient (Wildman–Crippen LogP) is 4.97. The van der Waals surface area contributed by atoms with Crippen molar-refractivity contribution in [3.63, 3.8) is 0 Å². The minimum Gasteiger partial charge on any atom is -0.464 e. The van der Waals surface area contributed by atoms with Crippen LogP contribution < -0.4 is 0 Å². The summed E-state index contributed by atoms with van der Waals surface area (Å²) in [6, 6.07) is 0. The summed E-state index contributed by atoms with van der Waals surface area (Å²) in [5.41, 5.74) is -3.00. The zero-order chi connectivity index (χ0) is 29.4. The largest absolute Gasteiger partial charge is 0.511 e. The first-order valence-corrected chi connectivity index (χ1v) is 12.5. The molecule has 0 aliphatic heterocycles. The van der Waals surface area contributed by atoms with Gasteiger partial charge in [-0.05, 0) is 54.4 Å². The van der Waals surface area contributed by atoms with Gasteiger partial charge in [-0.2, -0.15) is 0 Å². The van der Waals surface area contributed by atoms with Crippen molar-refractivity contribution in [3.8, 4) is 24.7 Å². The fraction of sp³-hybridized carbons (Fsp3) is 0.655. The Bertz CT molecular complexity index is 871. The molecule has 0 heterocycles. The van der Waals surface area contributed by atoms with Crippen molar-refractivity contribution >= 4 is 24.1 Å². The predicted molar refractivity (Wildman–Crippen MR) is 141 cm³/mol. The Hall–Kier alpha value is -3.46. The highest BCUT2D eigenvalue weighted by Crippen LogP contribution is 2.27. The molecule has 0 saturated carbocycles. The molecule has 0 aliphatic rings. The molecule has 0 radical (unpaired) electrons. The van der Waals surface area contributed by atoms with Crippen LogP contribution in [0.1, 0.15) is 80.6 Å². The van der Waals surface area contributed by atoms with Gasteiger partial charge in [0.25, 0.3) is 0 Å². The molecule has 9 heteroatoms. The molecule has 0 amide bonds. The molecular formula is C29H42O9. The minimum absolute atomic E-state index is 0.159. The van der Waals surface area contributed by atoms with Crippen molar-refractivity contribution in [1.29, 1.82) is 0 Å². The average molecular weight is 535 g/mol. The average Bonchev–Trinajstić information content (AvgIpc) is 2.82. The van der Waals surface area contributed by atoms with Gasteiger partial charge in [0.1, 0.15) is 19.8 Å². The Morgan fingerprint density at radius 2 is 1.29 bits per heavy atom. The van der Waals surface area contributed by atoms with Crippen LogP contribution in [0.5, 0.6) is 0 Å². The third-order valence-corrected chi connectivity index (χ3v) is 5.38. The van der Waals surface area contributed by atoms with Crippen molar-refractivity contribution in [2.45, 2.75) is 86.9 Å². The molecule has 0 rings (SSSR count). The molecular weight excluding hydrogens is 492 g/mol. The zero-order valence-electron chi connectivity index (χ0n) is 23.7. The van der Waals surface area contributed by atoms with Gasteiger partial charge in [0, 0.05) is 26.2 Å². The number of ether oxygens (including phenoxy) is 5. The molecule has 0 aromatic carbocycles. The molecule has 0 bridgehead atoms. The van der Waals surface area contributed by atoms with Gasteiger partial charge in [-0.25, -0.2) is 4.79 Å². The topological polar surface area (TPSA) is 114 Å². The summed E-state index contributed by atoms with van der Waals surface area (Å²) in [5, 5.41) is 0. The zero-order valence-corrected chi connectivity index (χ0v) is 23.7. The highest BCUT2D eigenvalue weighted by Gasteiger charge is 2.37. The van der Waals surface area contributed by atoms with Crippen LogP contribution in [0.25, 0.3) is 0 Å². The number of esters is 3. The first-order chi connectivity index (χ1) is 17.6. The fourth-order valence-corrected chi connectivity index (χ4v) is 2.85. The van der Waals surface area contributed by atoms with Crippen LogP contribution >= 0.6 is 0 Å². The second-order valence-corrected chi connectivity index (χ2v) is 10.7. The van der Waals surface area contributed by atoms with Crippen molar-refractivity contribution in [1.82, 2.24) is 0 Å². The number of terminal acetylenes is 2. The van der Waals surface area contributed by atoms with Gasteiger partial charge in [-0.1, -0.05) is 12.2 Å². The fourth-order valence-electron chi connectivity index (χ4n) is 2.85. The minimum atomic E-state index is -1.17. The van der Waals surface area contributed by atoms with Gasteiger partial charge in [-0.3, -0.25) is 14.4 Å². The van der Waals surface area contributed by atoms with Crippen LogP contribution in [0, 0.1) is 40.9 Å². The summed E-state index contributed by atoms with van der Waals surface area (Å²) in [6.45, 7) is 10.6. The maximum Gasteiger partial charge on any atom is 0.511 e. The van der Waals surface area contributed by atoms with Crippen LogP contribution in [-0.4, -0.2) is 50.2 Å². The summed E-state index contributed by atoms with van der Waals surface area (Å²) in [6.07, 6.45) is 14.0. The van der Waals surface area contributed by atoms with E-state index < -0.39 is 46.6 Å². The summed E-state index contributed by atoms with van der Waals surface area (Å²) < 4.78 is 26.1. The van der Waals surface area contributed by atoms with Crippen LogP contribution in [0.3, 0.4) is 0 Å². The van der Waals surface area contributed by atoms with Gasteiger partial charge in [0.2, 0.25) is 6.29 Å². The molecule has 0 saturated heterocycles. The first kappa shape index (κ1) is 34.5. The lowest BCUT2D eigenvalue weighted by molar-refractivity contribution is -0.170. The molecule has 1 atom stereocenters. The lowest BCUT2D eigenvalue weighted by Gasteiger charge is -2.31. The smallest absolute Gasteiger partial charge is 0.464 e. The van der Waals surface area contributed by atoms with Gasteiger partial charge in [0.05, 0.1) is 16.2 Å². The van der Waals surface area contributed by atoms with E-state index in [2.05, 4.69) is 11.8 Å². The Kier molecular flexibility index (Phi) is 14.9. The van der Waals surface area contributed by atoms with Crippen molar-refractivity contribution in [2.75, 3.05) is 19.8 Å². The Morgan fingerprint density at radius 3 is 1.74 bits per heavy atom. The second kappa shape index (κ2) is 16.4. The SMILES string of the molecule is C#CCC(C)(C)C(=O)OCC(C)(COC(=O)OC(C)OC(=O)CCC/C=C\C)COC(=O)C(C)(C)CC#C. The number of unbranched alkanes of at least 4 members (excludes halogenated alkanes) is 1. The number of hydrogen-bond donors (Lipinski definition) is 0. The van der Waals surface area contributed by atoms with Gasteiger partial charge < -0.3 is 23.7 Å². The third kappa shape index (κ3) is 13.7. The molecule has 9 nitrogen and oxygen atoms in total. The van der Waals surface area contributed by atoms with Crippen molar-refractivity contribution in [3.05, 3.63) is 12.2 Å². The van der Waals surface area contributed by atoms with Gasteiger partial charge in [0.15, 0.2) is 0 Å². The quantitative estimate of drug-likeness (QED) is 0.0676. The van der Waals surface area contributed by atoms with Crippen LogP contribution in [0.15, 0.2) is 12.2 Å². The third-order valence-electron chi connectivity index (χ3n) is 5.38. The summed E-state index contributed by atoms with van der Waals surface area (Å²) in [4.78, 5) is 49.2. The Morgan fingerprint density at radius 1 is 0.816 bits per heavy atom. The number of carbonyl (C=O) groups is 4. The number of allylic oxidation sites excluding steroid dienone is 2. The highest BCUT2D eigenvalue weighted by atomic mass is 16.8. The normalized spacial score (nSPS) is 12.6. The Labute approximate surface area is 226 Å². The molecule has 0 spiro atoms. The van der Waals surface area contributed by atoms with E-state index >= 15 is 0 Å². The summed E-state index contributed by atoms with van der Waals surface area (Å²) >= 11 is 0. The lowest BCUT2D eigenvalue weighted by atomic mass is 9.89. The lowest BCUT2D eigenvalue weighted by Crippen LogP contribution is -2.40. The van der Waals surface area contributed by atoms with E-state index in [9.17, 15) is 19.2 Å². The number of rotatable bonds is 16. The standard InChI is InChI=1S/C29H42O9/c1-10-13-14-15-16-23(30)37-22(4)38-26(33)36-21-29(9,19-34-24(31)27(5,6)17-11-2)20-35-25(32)28(7,8)18-12-3/h2-3,10,13,22H,14-21H2,1,4-9H3/b13-10-. The van der Waals surface area contributed by atoms with E-state index in [0.717, 1.165) is 6.42 Å². The van der Waals surface area contributed by atoms with E-state index in [1.165, 1.54) is 6.92 Å². The first-order valence-electron chi connectivity index (χ1n) is 12.5. The van der Waals surface area contributed by atoms with E-state index in [1.54, 1.807) is 34.6 Å². The van der Waals surface area contributed by atoms with Crippen LogP contribution in [0.2, 0.25) is 0 Å². The molecule has 0 fully saturated rings. The molecule has 0 aromatic heterocycles. The summed E-state index contributed by atoms with van der Waals surface area (Å²) in [5.74, 6) is 3.24. The monoisotopic (exact) mass is 534 g/mol. The van der Waals surface area contributed by atoms with Crippen molar-refractivity contribution in [2.24, 2.45) is 16.2 Å². The Balaban J connectivity index is 5.18. The van der Waals surface area contributed by atoms with Crippen LogP contribution in [0.4, 0.5) is 4.79 Å². The molecule has 0 aliphatic carbocycles. The maximum absolute atomic E-state index is 12.5. The molecule has 212 valence electrons. The van der Waals surface area contributed by atoms with E-state index in [-0.39, 0.29) is 39.1 Å². The number of hydrogen-bond acceptors (Lipinski definition) is 9. The van der Waals surface area contributed by atoms with E-state index in [0.29, 0.717) is 6.42 Å². The van der Waals surface area contributed by atoms with Crippen molar-refractivity contribution < 1.29 is 42.9 Å². The van der Waals surface area contributed by atoms with E-state index in [4.69, 9.17) is 36.5 Å². The van der Waals surface area contributed by atoms with E-state index in [1.807, 2.05) is 19.1 Å². The molecule has 1 unspecified atom stereocenters. The van der Waals surface area contributed by atoms with Gasteiger partial charge >= 0.3 is 24.1 Å². The molecule has 0 N–H and O–H groups in total.